The molecule has 1 saturated carbocycles. The highest BCUT2D eigenvalue weighted by atomic mass is 32.2. The molecule has 3 rings (SSSR count). The van der Waals surface area contributed by atoms with Gasteiger partial charge in [0.25, 0.3) is 0 Å². The normalized spacial score (nSPS) is 22.5. The van der Waals surface area contributed by atoms with E-state index in [9.17, 15) is 22.8 Å². The zero-order valence-corrected chi connectivity index (χ0v) is 16.9. The Morgan fingerprint density at radius 2 is 1.75 bits per heavy atom. The molecule has 1 aliphatic heterocycles. The van der Waals surface area contributed by atoms with E-state index in [0.717, 1.165) is 30.0 Å². The van der Waals surface area contributed by atoms with Gasteiger partial charge in [-0.1, -0.05) is 18.9 Å². The van der Waals surface area contributed by atoms with Crippen LogP contribution in [-0.4, -0.2) is 56.0 Å². The SMILES string of the molecule is CN(C)S(=O)(=O)c1cccc(NC(=O)CCN2C(=O)[C@H]3CCCC[C@@H]3C2=O)c1. The topological polar surface area (TPSA) is 104 Å². The zero-order valence-electron chi connectivity index (χ0n) is 16.1. The molecule has 1 aromatic rings. The van der Waals surface area contributed by atoms with Crippen LogP contribution in [0.25, 0.3) is 0 Å². The molecule has 152 valence electrons. The summed E-state index contributed by atoms with van der Waals surface area (Å²) < 4.78 is 25.5. The lowest BCUT2D eigenvalue weighted by molar-refractivity contribution is -0.140. The summed E-state index contributed by atoms with van der Waals surface area (Å²) in [5, 5.41) is 2.64. The van der Waals surface area contributed by atoms with E-state index >= 15 is 0 Å². The third kappa shape index (κ3) is 3.95. The van der Waals surface area contributed by atoms with Crippen molar-refractivity contribution >= 4 is 33.4 Å². The maximum absolute atomic E-state index is 12.4. The minimum absolute atomic E-state index is 0.0262. The molecule has 1 heterocycles. The van der Waals surface area contributed by atoms with Gasteiger partial charge in [-0.25, -0.2) is 12.7 Å². The molecule has 0 radical (unpaired) electrons. The molecule has 2 fully saturated rings. The van der Waals surface area contributed by atoms with Crippen molar-refractivity contribution in [1.82, 2.24) is 9.21 Å². The van der Waals surface area contributed by atoms with Gasteiger partial charge in [-0.3, -0.25) is 19.3 Å². The zero-order chi connectivity index (χ0) is 20.5. The van der Waals surface area contributed by atoms with Gasteiger partial charge < -0.3 is 5.32 Å². The summed E-state index contributed by atoms with van der Waals surface area (Å²) in [4.78, 5) is 38.4. The lowest BCUT2D eigenvalue weighted by atomic mass is 9.81. The molecule has 1 aliphatic carbocycles. The maximum atomic E-state index is 12.4. The standard InChI is InChI=1S/C19H25N3O5S/c1-21(2)28(26,27)14-7-5-6-13(12-14)20-17(23)10-11-22-18(24)15-8-3-4-9-16(15)19(22)25/h5-7,12,15-16H,3-4,8-11H2,1-2H3,(H,20,23)/t15-,16-/m0/s1. The average molecular weight is 407 g/mol. The van der Waals surface area contributed by atoms with Gasteiger partial charge in [-0.15, -0.1) is 0 Å². The molecule has 9 heteroatoms. The summed E-state index contributed by atoms with van der Waals surface area (Å²) in [5.41, 5.74) is 0.348. The fraction of sp³-hybridized carbons (Fsp3) is 0.526. The molecule has 2 aliphatic rings. The molecule has 0 aromatic heterocycles. The number of amides is 3. The van der Waals surface area contributed by atoms with Crippen molar-refractivity contribution in [1.29, 1.82) is 0 Å². The lowest BCUT2D eigenvalue weighted by Gasteiger charge is -2.19. The molecule has 0 bridgehead atoms. The molecule has 2 atom stereocenters. The Bertz CT molecular complexity index is 873. The number of carbonyl (C=O) groups excluding carboxylic acids is 3. The molecule has 8 nitrogen and oxygen atoms in total. The van der Waals surface area contributed by atoms with Crippen molar-refractivity contribution in [3.05, 3.63) is 24.3 Å². The smallest absolute Gasteiger partial charge is 0.242 e. The highest BCUT2D eigenvalue weighted by Crippen LogP contribution is 2.38. The van der Waals surface area contributed by atoms with E-state index in [2.05, 4.69) is 5.32 Å². The minimum atomic E-state index is -3.60. The van der Waals surface area contributed by atoms with Crippen molar-refractivity contribution in [3.8, 4) is 0 Å². The van der Waals surface area contributed by atoms with E-state index in [-0.39, 0.29) is 47.4 Å². The van der Waals surface area contributed by atoms with Crippen LogP contribution in [-0.2, 0) is 24.4 Å². The number of sulfonamides is 1. The Balaban J connectivity index is 1.61. The van der Waals surface area contributed by atoms with E-state index in [1.54, 1.807) is 12.1 Å². The number of benzene rings is 1. The summed E-state index contributed by atoms with van der Waals surface area (Å²) in [5.74, 6) is -1.16. The predicted octanol–water partition coefficient (Wildman–Crippen LogP) is 1.44. The molecular weight excluding hydrogens is 382 g/mol. The van der Waals surface area contributed by atoms with Crippen molar-refractivity contribution in [3.63, 3.8) is 0 Å². The van der Waals surface area contributed by atoms with Crippen LogP contribution in [0.4, 0.5) is 5.69 Å². The van der Waals surface area contributed by atoms with Gasteiger partial charge in [0, 0.05) is 32.7 Å². The number of anilines is 1. The summed E-state index contributed by atoms with van der Waals surface area (Å²) >= 11 is 0. The Hall–Kier alpha value is -2.26. The summed E-state index contributed by atoms with van der Waals surface area (Å²) in [6, 6.07) is 5.97. The Kier molecular flexibility index (Phi) is 5.85. The highest BCUT2D eigenvalue weighted by molar-refractivity contribution is 7.89. The van der Waals surface area contributed by atoms with E-state index in [1.165, 1.54) is 31.1 Å². The van der Waals surface area contributed by atoms with Crippen molar-refractivity contribution in [2.45, 2.75) is 37.0 Å². The quantitative estimate of drug-likeness (QED) is 0.719. The molecular formula is C19H25N3O5S. The predicted molar refractivity (Wildman–Crippen MR) is 103 cm³/mol. The first-order chi connectivity index (χ1) is 13.2. The van der Waals surface area contributed by atoms with Gasteiger partial charge in [0.15, 0.2) is 0 Å². The van der Waals surface area contributed by atoms with Crippen molar-refractivity contribution in [2.24, 2.45) is 11.8 Å². The first-order valence-electron chi connectivity index (χ1n) is 9.39. The van der Waals surface area contributed by atoms with E-state index < -0.39 is 10.0 Å². The number of likely N-dealkylation sites (tertiary alicyclic amines) is 1. The van der Waals surface area contributed by atoms with Gasteiger partial charge in [0.05, 0.1) is 16.7 Å². The number of hydrogen-bond acceptors (Lipinski definition) is 5. The van der Waals surface area contributed by atoms with E-state index in [0.29, 0.717) is 5.69 Å². The first-order valence-corrected chi connectivity index (χ1v) is 10.8. The molecule has 3 amide bonds. The summed E-state index contributed by atoms with van der Waals surface area (Å²) in [6.07, 6.45) is 3.37. The Labute approximate surface area is 164 Å². The molecule has 1 saturated heterocycles. The highest BCUT2D eigenvalue weighted by Gasteiger charge is 2.47. The number of imide groups is 1. The summed E-state index contributed by atoms with van der Waals surface area (Å²) in [7, 11) is -0.737. The lowest BCUT2D eigenvalue weighted by Crippen LogP contribution is -2.34. The molecule has 1 aromatic carbocycles. The largest absolute Gasteiger partial charge is 0.326 e. The molecule has 0 unspecified atom stereocenters. The average Bonchev–Trinajstić information content (AvgIpc) is 2.91. The number of nitrogens with zero attached hydrogens (tertiary/aromatic N) is 2. The number of nitrogens with one attached hydrogen (secondary N) is 1. The third-order valence-corrected chi connectivity index (χ3v) is 7.20. The number of rotatable bonds is 6. The number of carbonyl (C=O) groups is 3. The van der Waals surface area contributed by atoms with E-state index in [1.807, 2.05) is 0 Å². The molecule has 28 heavy (non-hydrogen) atoms. The van der Waals surface area contributed by atoms with E-state index in [4.69, 9.17) is 0 Å². The van der Waals surface area contributed by atoms with Crippen LogP contribution in [0.2, 0.25) is 0 Å². The second-order valence-corrected chi connectivity index (χ2v) is 9.59. The van der Waals surface area contributed by atoms with Crippen LogP contribution in [0.5, 0.6) is 0 Å². The number of fused-ring (bicyclic) bond motifs is 1. The Morgan fingerprint density at radius 3 is 2.32 bits per heavy atom. The van der Waals surface area contributed by atoms with Crippen molar-refractivity contribution in [2.75, 3.05) is 26.0 Å². The van der Waals surface area contributed by atoms with Gasteiger partial charge in [-0.2, -0.15) is 0 Å². The van der Waals surface area contributed by atoms with Crippen LogP contribution < -0.4 is 5.32 Å². The van der Waals surface area contributed by atoms with Crippen LogP contribution in [0, 0.1) is 11.8 Å². The maximum Gasteiger partial charge on any atom is 0.242 e. The fourth-order valence-corrected chi connectivity index (χ4v) is 4.78. The Morgan fingerprint density at radius 1 is 1.14 bits per heavy atom. The van der Waals surface area contributed by atoms with Crippen LogP contribution in [0.1, 0.15) is 32.1 Å². The van der Waals surface area contributed by atoms with Gasteiger partial charge >= 0.3 is 0 Å². The summed E-state index contributed by atoms with van der Waals surface area (Å²) in [6.45, 7) is 0.0478. The van der Waals surface area contributed by atoms with Crippen LogP contribution in [0.15, 0.2) is 29.2 Å². The van der Waals surface area contributed by atoms with Crippen LogP contribution >= 0.6 is 0 Å². The monoisotopic (exact) mass is 407 g/mol. The van der Waals surface area contributed by atoms with Crippen LogP contribution in [0.3, 0.4) is 0 Å². The fourth-order valence-electron chi connectivity index (χ4n) is 3.83. The first kappa shape index (κ1) is 20.5. The third-order valence-electron chi connectivity index (χ3n) is 5.39. The minimum Gasteiger partial charge on any atom is -0.326 e. The van der Waals surface area contributed by atoms with Gasteiger partial charge in [0.2, 0.25) is 27.7 Å². The van der Waals surface area contributed by atoms with Gasteiger partial charge in [0.1, 0.15) is 0 Å². The second kappa shape index (κ2) is 8.00. The number of hydrogen-bond donors (Lipinski definition) is 1. The molecule has 0 spiro atoms. The van der Waals surface area contributed by atoms with Gasteiger partial charge in [-0.05, 0) is 31.0 Å². The molecule has 1 N–H and O–H groups in total. The second-order valence-electron chi connectivity index (χ2n) is 7.44. The van der Waals surface area contributed by atoms with Crippen molar-refractivity contribution < 1.29 is 22.8 Å².